The van der Waals surface area contributed by atoms with Gasteiger partial charge in [-0.1, -0.05) is 36.4 Å². The predicted octanol–water partition coefficient (Wildman–Crippen LogP) is 5.49. The van der Waals surface area contributed by atoms with E-state index in [1.54, 1.807) is 37.3 Å². The van der Waals surface area contributed by atoms with Gasteiger partial charge in [-0.25, -0.2) is 9.07 Å². The summed E-state index contributed by atoms with van der Waals surface area (Å²) in [5.41, 5.74) is -1.01. The molecule has 0 aliphatic carbocycles. The van der Waals surface area contributed by atoms with Gasteiger partial charge in [0.25, 0.3) is 11.8 Å². The summed E-state index contributed by atoms with van der Waals surface area (Å²) in [6.45, 7) is 4.56. The van der Waals surface area contributed by atoms with Gasteiger partial charge < -0.3 is 10.6 Å². The summed E-state index contributed by atoms with van der Waals surface area (Å²) in [5.74, 6) is -3.30. The average Bonchev–Trinajstić information content (AvgIpc) is 3.43. The molecule has 2 atom stereocenters. The number of amides is 3. The molecule has 13 heteroatoms. The minimum Gasteiger partial charge on any atom is -0.349 e. The first kappa shape index (κ1) is 32.9. The van der Waals surface area contributed by atoms with Gasteiger partial charge in [-0.15, -0.1) is 0 Å². The number of para-hydroxylation sites is 1. The van der Waals surface area contributed by atoms with Crippen LogP contribution in [0.1, 0.15) is 59.4 Å². The maximum absolute atomic E-state index is 14.3. The van der Waals surface area contributed by atoms with Gasteiger partial charge >= 0.3 is 6.18 Å². The van der Waals surface area contributed by atoms with Gasteiger partial charge in [-0.3, -0.25) is 19.3 Å². The van der Waals surface area contributed by atoms with Crippen LogP contribution in [0, 0.1) is 22.6 Å². The number of benzene rings is 3. The molecule has 0 saturated heterocycles. The third kappa shape index (κ3) is 6.44. The van der Waals surface area contributed by atoms with Crippen LogP contribution in [0.25, 0.3) is 5.69 Å². The topological polar surface area (TPSA) is 120 Å². The third-order valence-corrected chi connectivity index (χ3v) is 7.95. The minimum absolute atomic E-state index is 0.115. The zero-order valence-electron chi connectivity index (χ0n) is 25.6. The third-order valence-electron chi connectivity index (χ3n) is 7.95. The fourth-order valence-corrected chi connectivity index (χ4v) is 5.48. The van der Waals surface area contributed by atoms with Crippen LogP contribution in [-0.4, -0.2) is 40.1 Å². The van der Waals surface area contributed by atoms with Crippen molar-refractivity contribution in [1.29, 1.82) is 5.26 Å². The maximum atomic E-state index is 14.3. The Balaban J connectivity index is 1.70. The average molecular weight is 647 g/mol. The molecule has 5 rings (SSSR count). The molecule has 1 aliphatic heterocycles. The van der Waals surface area contributed by atoms with Crippen molar-refractivity contribution >= 4 is 23.5 Å². The standard InChI is InChI=1S/C34H30F4N6O3/c1-4-43-30-27(25(18-40-32(47)33(2,3)19-39)42-44(30)24-11-6-5-7-12-24)26(20-13-15-23(35)16-14-20)28(31(43)46)41-29(45)21-9-8-10-22(17-21)34(36,37)38/h5-17,26,28H,4,18H2,1-3H3,(H,40,47)(H,41,45)/t26-,28-/m1/s1. The number of fused-ring (bicyclic) bond motifs is 1. The smallest absolute Gasteiger partial charge is 0.349 e. The first-order valence-corrected chi connectivity index (χ1v) is 14.7. The molecule has 0 fully saturated rings. The van der Waals surface area contributed by atoms with Gasteiger partial charge in [-0.05, 0) is 68.8 Å². The van der Waals surface area contributed by atoms with Crippen molar-refractivity contribution in [3.63, 3.8) is 0 Å². The zero-order valence-corrected chi connectivity index (χ0v) is 25.6. The minimum atomic E-state index is -4.70. The van der Waals surface area contributed by atoms with Crippen molar-refractivity contribution in [3.8, 4) is 11.8 Å². The van der Waals surface area contributed by atoms with Crippen molar-refractivity contribution in [3.05, 3.63) is 113 Å². The molecule has 47 heavy (non-hydrogen) atoms. The molecule has 9 nitrogen and oxygen atoms in total. The number of nitrogens with zero attached hydrogens (tertiary/aromatic N) is 4. The van der Waals surface area contributed by atoms with E-state index in [-0.39, 0.29) is 18.7 Å². The Labute approximate surface area is 267 Å². The van der Waals surface area contributed by atoms with Crippen LogP contribution in [-0.2, 0) is 22.3 Å². The summed E-state index contributed by atoms with van der Waals surface area (Å²) < 4.78 is 56.1. The number of carbonyl (C=O) groups is 3. The lowest BCUT2D eigenvalue weighted by atomic mass is 9.80. The number of anilines is 1. The summed E-state index contributed by atoms with van der Waals surface area (Å²) in [7, 11) is 0. The second-order valence-corrected chi connectivity index (χ2v) is 11.5. The van der Waals surface area contributed by atoms with Gasteiger partial charge in [0.1, 0.15) is 23.1 Å². The molecule has 4 aromatic rings. The van der Waals surface area contributed by atoms with Crippen LogP contribution in [0.2, 0.25) is 0 Å². The van der Waals surface area contributed by atoms with Crippen LogP contribution in [0.4, 0.5) is 23.4 Å². The van der Waals surface area contributed by atoms with E-state index in [4.69, 9.17) is 5.10 Å². The monoisotopic (exact) mass is 646 g/mol. The van der Waals surface area contributed by atoms with E-state index in [1.165, 1.54) is 53.8 Å². The number of rotatable bonds is 8. The SMILES string of the molecule is CCN1C(=O)[C@H](NC(=O)c2cccc(C(F)(F)F)c2)[C@H](c2ccc(F)cc2)c2c(CNC(=O)C(C)(C)C#N)nn(-c3ccccc3)c21. The van der Waals surface area contributed by atoms with Crippen LogP contribution < -0.4 is 15.5 Å². The van der Waals surface area contributed by atoms with E-state index in [0.717, 1.165) is 12.1 Å². The zero-order chi connectivity index (χ0) is 34.1. The Morgan fingerprint density at radius 1 is 1.00 bits per heavy atom. The Kier molecular flexibility index (Phi) is 8.89. The lowest BCUT2D eigenvalue weighted by Gasteiger charge is -2.38. The number of alkyl halides is 3. The second kappa shape index (κ2) is 12.7. The molecular formula is C34H30F4N6O3. The van der Waals surface area contributed by atoms with Gasteiger partial charge in [0.2, 0.25) is 5.91 Å². The van der Waals surface area contributed by atoms with E-state index >= 15 is 0 Å². The summed E-state index contributed by atoms with van der Waals surface area (Å²) in [4.78, 5) is 42.2. The Hall–Kier alpha value is -5.51. The van der Waals surface area contributed by atoms with Gasteiger partial charge in [0.15, 0.2) is 0 Å². The molecule has 0 saturated carbocycles. The molecule has 0 spiro atoms. The lowest BCUT2D eigenvalue weighted by Crippen LogP contribution is -2.55. The Bertz CT molecular complexity index is 1860. The van der Waals surface area contributed by atoms with Crippen LogP contribution in [0.15, 0.2) is 78.9 Å². The predicted molar refractivity (Wildman–Crippen MR) is 164 cm³/mol. The fourth-order valence-electron chi connectivity index (χ4n) is 5.48. The van der Waals surface area contributed by atoms with Crippen molar-refractivity contribution < 1.29 is 31.9 Å². The van der Waals surface area contributed by atoms with E-state index in [2.05, 4.69) is 10.6 Å². The molecule has 3 amide bonds. The first-order valence-electron chi connectivity index (χ1n) is 14.7. The second-order valence-electron chi connectivity index (χ2n) is 11.5. The van der Waals surface area contributed by atoms with E-state index < -0.39 is 52.7 Å². The molecule has 0 radical (unpaired) electrons. The van der Waals surface area contributed by atoms with Crippen molar-refractivity contribution in [1.82, 2.24) is 20.4 Å². The van der Waals surface area contributed by atoms with Crippen LogP contribution >= 0.6 is 0 Å². The van der Waals surface area contributed by atoms with E-state index in [1.807, 2.05) is 6.07 Å². The van der Waals surface area contributed by atoms with Crippen molar-refractivity contribution in [2.24, 2.45) is 5.41 Å². The first-order chi connectivity index (χ1) is 22.3. The van der Waals surface area contributed by atoms with Gasteiger partial charge in [-0.2, -0.15) is 23.5 Å². The number of carbonyl (C=O) groups excluding carboxylic acids is 3. The molecule has 2 N–H and O–H groups in total. The number of likely N-dealkylation sites (N-methyl/N-ethyl adjacent to an activating group) is 1. The van der Waals surface area contributed by atoms with E-state index in [0.29, 0.717) is 34.4 Å². The highest BCUT2D eigenvalue weighted by atomic mass is 19.4. The molecule has 2 heterocycles. The molecule has 3 aromatic carbocycles. The summed E-state index contributed by atoms with van der Waals surface area (Å²) in [6, 6.07) is 18.6. The highest BCUT2D eigenvalue weighted by Gasteiger charge is 2.46. The molecule has 1 aromatic heterocycles. The highest BCUT2D eigenvalue weighted by Crippen LogP contribution is 2.44. The summed E-state index contributed by atoms with van der Waals surface area (Å²) in [6.07, 6.45) is -4.70. The van der Waals surface area contributed by atoms with Gasteiger partial charge in [0, 0.05) is 23.6 Å². The molecule has 0 bridgehead atoms. The quantitative estimate of drug-likeness (QED) is 0.245. The Morgan fingerprint density at radius 2 is 1.68 bits per heavy atom. The van der Waals surface area contributed by atoms with Crippen LogP contribution in [0.5, 0.6) is 0 Å². The molecular weight excluding hydrogens is 616 g/mol. The Morgan fingerprint density at radius 3 is 2.30 bits per heavy atom. The summed E-state index contributed by atoms with van der Waals surface area (Å²) >= 11 is 0. The molecule has 242 valence electrons. The number of hydrogen-bond acceptors (Lipinski definition) is 5. The van der Waals surface area contributed by atoms with Crippen molar-refractivity contribution in [2.75, 3.05) is 11.4 Å². The lowest BCUT2D eigenvalue weighted by molar-refractivity contribution is -0.137. The molecule has 0 unspecified atom stereocenters. The highest BCUT2D eigenvalue weighted by molar-refractivity contribution is 6.05. The van der Waals surface area contributed by atoms with Crippen molar-refractivity contribution in [2.45, 2.75) is 45.5 Å². The number of nitriles is 1. The number of halogens is 4. The number of nitrogens with one attached hydrogen (secondary N) is 2. The summed E-state index contributed by atoms with van der Waals surface area (Å²) in [5, 5.41) is 19.7. The van der Waals surface area contributed by atoms with Gasteiger partial charge in [0.05, 0.1) is 29.6 Å². The largest absolute Gasteiger partial charge is 0.416 e. The molecule has 1 aliphatic rings. The maximum Gasteiger partial charge on any atom is 0.416 e. The normalized spacial score (nSPS) is 16.3. The van der Waals surface area contributed by atoms with Crippen LogP contribution in [0.3, 0.4) is 0 Å². The fraction of sp³-hybridized carbons (Fsp3) is 0.265. The number of aromatic nitrogens is 2. The van der Waals surface area contributed by atoms with E-state index in [9.17, 15) is 37.2 Å². The number of hydrogen-bond donors (Lipinski definition) is 2.